The molecular weight excluding hydrogens is 332 g/mol. The maximum absolute atomic E-state index is 12.6. The zero-order chi connectivity index (χ0) is 17.1. The van der Waals surface area contributed by atoms with Crippen LogP contribution in [0.15, 0.2) is 34.8 Å². The summed E-state index contributed by atoms with van der Waals surface area (Å²) in [6.45, 7) is -0.157. The van der Waals surface area contributed by atoms with Gasteiger partial charge in [0.25, 0.3) is 5.56 Å². The molecule has 24 heavy (non-hydrogen) atoms. The number of methoxy groups -OCH3 is 2. The predicted molar refractivity (Wildman–Crippen MR) is 89.9 cm³/mol. The van der Waals surface area contributed by atoms with E-state index in [0.717, 1.165) is 0 Å². The summed E-state index contributed by atoms with van der Waals surface area (Å²) in [5.41, 5.74) is 0.129. The van der Waals surface area contributed by atoms with Crippen molar-refractivity contribution in [3.8, 4) is 11.5 Å². The van der Waals surface area contributed by atoms with Gasteiger partial charge in [0.2, 0.25) is 5.91 Å². The lowest BCUT2D eigenvalue weighted by Crippen LogP contribution is -2.27. The molecule has 0 unspecified atom stereocenters. The van der Waals surface area contributed by atoms with Crippen LogP contribution in [0.5, 0.6) is 11.5 Å². The summed E-state index contributed by atoms with van der Waals surface area (Å²) in [5, 5.41) is 5.20. The van der Waals surface area contributed by atoms with Gasteiger partial charge in [-0.05, 0) is 6.07 Å². The molecule has 0 saturated carbocycles. The molecule has 2 aromatic heterocycles. The number of carbonyl (C=O) groups excluding carboxylic acids is 1. The number of thiazole rings is 1. The van der Waals surface area contributed by atoms with Crippen LogP contribution in [0.3, 0.4) is 0 Å². The van der Waals surface area contributed by atoms with Gasteiger partial charge in [0.05, 0.1) is 31.4 Å². The summed E-state index contributed by atoms with van der Waals surface area (Å²) in [5.74, 6) is 0.554. The minimum Gasteiger partial charge on any atom is -0.493 e. The molecule has 0 bridgehead atoms. The molecule has 0 saturated heterocycles. The largest absolute Gasteiger partial charge is 0.493 e. The van der Waals surface area contributed by atoms with Crippen molar-refractivity contribution in [2.24, 2.45) is 0 Å². The fraction of sp³-hybridized carbons (Fsp3) is 0.200. The number of nitrogens with one attached hydrogen (secondary N) is 1. The van der Waals surface area contributed by atoms with E-state index in [9.17, 15) is 9.59 Å². The highest BCUT2D eigenvalue weighted by Crippen LogP contribution is 2.29. The Morgan fingerprint density at radius 2 is 2.00 bits per heavy atom. The first-order valence-corrected chi connectivity index (χ1v) is 7.81. The van der Waals surface area contributed by atoms with Crippen molar-refractivity contribution in [3.05, 3.63) is 40.4 Å². The van der Waals surface area contributed by atoms with Crippen LogP contribution in [0, 0.1) is 0 Å². The van der Waals surface area contributed by atoms with Gasteiger partial charge in [0.15, 0.2) is 16.6 Å². The Bertz CT molecular complexity index is 937. The predicted octanol–water partition coefficient (Wildman–Crippen LogP) is 1.51. The smallest absolute Gasteiger partial charge is 0.261 e. The van der Waals surface area contributed by atoms with Crippen LogP contribution in [0.4, 0.5) is 5.13 Å². The molecule has 0 aliphatic heterocycles. The number of rotatable bonds is 5. The second kappa shape index (κ2) is 6.67. The van der Waals surface area contributed by atoms with Gasteiger partial charge in [0, 0.05) is 17.6 Å². The lowest BCUT2D eigenvalue weighted by molar-refractivity contribution is -0.116. The highest BCUT2D eigenvalue weighted by Gasteiger charge is 2.13. The number of carbonyl (C=O) groups is 1. The van der Waals surface area contributed by atoms with Crippen molar-refractivity contribution in [2.75, 3.05) is 19.5 Å². The number of hydrogen-bond acceptors (Lipinski definition) is 7. The van der Waals surface area contributed by atoms with Crippen molar-refractivity contribution in [3.63, 3.8) is 0 Å². The van der Waals surface area contributed by atoms with E-state index in [2.05, 4.69) is 15.3 Å². The average molecular weight is 346 g/mol. The molecule has 1 aromatic carbocycles. The van der Waals surface area contributed by atoms with Crippen LogP contribution in [0.1, 0.15) is 0 Å². The summed E-state index contributed by atoms with van der Waals surface area (Å²) in [6, 6.07) is 3.17. The molecule has 1 N–H and O–H groups in total. The molecule has 3 aromatic rings. The van der Waals surface area contributed by atoms with Crippen LogP contribution in [0.2, 0.25) is 0 Å². The molecule has 2 heterocycles. The van der Waals surface area contributed by atoms with Gasteiger partial charge in [-0.15, -0.1) is 11.3 Å². The average Bonchev–Trinajstić information content (AvgIpc) is 3.09. The number of fused-ring (bicyclic) bond motifs is 1. The first-order valence-electron chi connectivity index (χ1n) is 6.93. The molecule has 0 atom stereocenters. The van der Waals surface area contributed by atoms with E-state index >= 15 is 0 Å². The van der Waals surface area contributed by atoms with E-state index in [0.29, 0.717) is 27.5 Å². The second-order valence-electron chi connectivity index (χ2n) is 4.79. The lowest BCUT2D eigenvalue weighted by atomic mass is 10.2. The Kier molecular flexibility index (Phi) is 4.43. The van der Waals surface area contributed by atoms with Crippen LogP contribution >= 0.6 is 11.3 Å². The normalized spacial score (nSPS) is 10.6. The first kappa shape index (κ1) is 15.9. The Morgan fingerprint density at radius 1 is 1.25 bits per heavy atom. The van der Waals surface area contributed by atoms with Gasteiger partial charge in [-0.25, -0.2) is 9.97 Å². The quantitative estimate of drug-likeness (QED) is 0.752. The maximum atomic E-state index is 12.6. The van der Waals surface area contributed by atoms with E-state index in [-0.39, 0.29) is 18.0 Å². The third-order valence-corrected chi connectivity index (χ3v) is 4.01. The summed E-state index contributed by atoms with van der Waals surface area (Å²) >= 11 is 1.30. The van der Waals surface area contributed by atoms with Crippen molar-refractivity contribution < 1.29 is 14.3 Å². The van der Waals surface area contributed by atoms with Crippen LogP contribution in [-0.4, -0.2) is 34.7 Å². The minimum absolute atomic E-state index is 0.157. The highest BCUT2D eigenvalue weighted by molar-refractivity contribution is 7.13. The summed E-state index contributed by atoms with van der Waals surface area (Å²) < 4.78 is 11.6. The van der Waals surface area contributed by atoms with Crippen molar-refractivity contribution in [1.82, 2.24) is 14.5 Å². The molecule has 0 aliphatic rings. The zero-order valence-electron chi connectivity index (χ0n) is 13.0. The fourth-order valence-electron chi connectivity index (χ4n) is 2.20. The number of benzene rings is 1. The van der Waals surface area contributed by atoms with Crippen LogP contribution in [-0.2, 0) is 11.3 Å². The number of ether oxygens (including phenoxy) is 2. The van der Waals surface area contributed by atoms with E-state index in [1.807, 2.05) is 0 Å². The van der Waals surface area contributed by atoms with E-state index in [1.165, 1.54) is 36.5 Å². The van der Waals surface area contributed by atoms with E-state index in [4.69, 9.17) is 9.47 Å². The molecule has 8 nitrogen and oxygen atoms in total. The Balaban J connectivity index is 1.93. The van der Waals surface area contributed by atoms with Gasteiger partial charge in [-0.2, -0.15) is 0 Å². The molecule has 1 amide bonds. The molecular formula is C15H14N4O4S. The molecule has 0 spiro atoms. The van der Waals surface area contributed by atoms with Gasteiger partial charge in [0.1, 0.15) is 6.54 Å². The molecule has 0 fully saturated rings. The highest BCUT2D eigenvalue weighted by atomic mass is 32.1. The summed E-state index contributed by atoms with van der Waals surface area (Å²) in [4.78, 5) is 32.8. The van der Waals surface area contributed by atoms with Crippen molar-refractivity contribution in [1.29, 1.82) is 0 Å². The number of nitrogens with zero attached hydrogens (tertiary/aromatic N) is 3. The molecule has 0 radical (unpaired) electrons. The number of aromatic nitrogens is 3. The third kappa shape index (κ3) is 3.06. The minimum atomic E-state index is -0.353. The molecule has 124 valence electrons. The monoisotopic (exact) mass is 346 g/mol. The topological polar surface area (TPSA) is 95.3 Å². The van der Waals surface area contributed by atoms with Crippen LogP contribution in [0.25, 0.3) is 10.9 Å². The third-order valence-electron chi connectivity index (χ3n) is 3.32. The van der Waals surface area contributed by atoms with Crippen LogP contribution < -0.4 is 20.3 Å². The number of amides is 1. The van der Waals surface area contributed by atoms with Crippen molar-refractivity contribution in [2.45, 2.75) is 6.54 Å². The SMILES string of the molecule is COc1cc2ncn(CC(=O)Nc3nccs3)c(=O)c2cc1OC. The fourth-order valence-corrected chi connectivity index (χ4v) is 2.74. The van der Waals surface area contributed by atoms with Crippen molar-refractivity contribution >= 4 is 33.3 Å². The number of hydrogen-bond donors (Lipinski definition) is 1. The molecule has 3 rings (SSSR count). The Hall–Kier alpha value is -2.94. The lowest BCUT2D eigenvalue weighted by Gasteiger charge is -2.10. The second-order valence-corrected chi connectivity index (χ2v) is 5.68. The van der Waals surface area contributed by atoms with Gasteiger partial charge >= 0.3 is 0 Å². The standard InChI is InChI=1S/C15H14N4O4S/c1-22-11-5-9-10(6-12(11)23-2)17-8-19(14(9)21)7-13(20)18-15-16-3-4-24-15/h3-6,8H,7H2,1-2H3,(H,16,18,20). The molecule has 9 heteroatoms. The van der Waals surface area contributed by atoms with Gasteiger partial charge in [-0.3, -0.25) is 14.2 Å². The maximum Gasteiger partial charge on any atom is 0.261 e. The first-order chi connectivity index (χ1) is 11.6. The Morgan fingerprint density at radius 3 is 2.67 bits per heavy atom. The summed E-state index contributed by atoms with van der Waals surface area (Å²) in [6.07, 6.45) is 2.92. The van der Waals surface area contributed by atoms with E-state index < -0.39 is 0 Å². The zero-order valence-corrected chi connectivity index (χ0v) is 13.8. The number of anilines is 1. The van der Waals surface area contributed by atoms with Gasteiger partial charge in [-0.1, -0.05) is 0 Å². The Labute approximate surface area is 140 Å². The van der Waals surface area contributed by atoms with E-state index in [1.54, 1.807) is 23.7 Å². The van der Waals surface area contributed by atoms with Gasteiger partial charge < -0.3 is 14.8 Å². The summed E-state index contributed by atoms with van der Waals surface area (Å²) in [7, 11) is 2.99. The molecule has 0 aliphatic carbocycles.